The number of fused-ring (bicyclic) bond motifs is 1. The minimum absolute atomic E-state index is 0.312. The van der Waals surface area contributed by atoms with Gasteiger partial charge in [-0.2, -0.15) is 13.2 Å². The van der Waals surface area contributed by atoms with Crippen LogP contribution in [0.1, 0.15) is 25.7 Å². The van der Waals surface area contributed by atoms with E-state index in [-0.39, 0.29) is 6.04 Å². The maximum atomic E-state index is 12.0. The Hall–Kier alpha value is -0.780. The summed E-state index contributed by atoms with van der Waals surface area (Å²) >= 11 is 0. The van der Waals surface area contributed by atoms with E-state index < -0.39 is 12.1 Å². The Bertz CT molecular complexity index is 280. The van der Waals surface area contributed by atoms with Crippen LogP contribution in [0.5, 0.6) is 0 Å². The average Bonchev–Trinajstić information content (AvgIpc) is 2.63. The van der Waals surface area contributed by atoms with Crippen LogP contribution in [0.3, 0.4) is 0 Å². The molecule has 0 aromatic heterocycles. The van der Waals surface area contributed by atoms with E-state index in [1.54, 1.807) is 0 Å². The number of carbonyl (C=O) groups is 1. The lowest BCUT2D eigenvalue weighted by Gasteiger charge is -2.35. The van der Waals surface area contributed by atoms with E-state index in [9.17, 15) is 18.0 Å². The largest absolute Gasteiger partial charge is 0.471 e. The van der Waals surface area contributed by atoms with Gasteiger partial charge in [0.25, 0.3) is 0 Å². The van der Waals surface area contributed by atoms with Gasteiger partial charge in [0, 0.05) is 18.6 Å². The second-order valence-corrected chi connectivity index (χ2v) is 4.52. The molecule has 1 amide bonds. The van der Waals surface area contributed by atoms with Crippen molar-refractivity contribution in [1.82, 2.24) is 10.2 Å². The Morgan fingerprint density at radius 3 is 2.69 bits per heavy atom. The van der Waals surface area contributed by atoms with Gasteiger partial charge in [-0.3, -0.25) is 4.79 Å². The molecule has 2 saturated heterocycles. The molecule has 0 saturated carbocycles. The first-order valence-corrected chi connectivity index (χ1v) is 5.58. The molecule has 0 radical (unpaired) electrons. The number of rotatable bonds is 1. The average molecular weight is 236 g/mol. The van der Waals surface area contributed by atoms with E-state index in [2.05, 4.69) is 10.2 Å². The van der Waals surface area contributed by atoms with Crippen molar-refractivity contribution < 1.29 is 18.0 Å². The lowest BCUT2D eigenvalue weighted by atomic mass is 9.97. The van der Waals surface area contributed by atoms with E-state index in [4.69, 9.17) is 0 Å². The molecule has 6 heteroatoms. The molecule has 0 aromatic rings. The molecule has 2 atom stereocenters. The molecule has 0 aliphatic carbocycles. The summed E-state index contributed by atoms with van der Waals surface area (Å²) in [4.78, 5) is 13.1. The number of alkyl halides is 3. The van der Waals surface area contributed by atoms with Gasteiger partial charge in [0.15, 0.2) is 0 Å². The molecule has 2 fully saturated rings. The smallest absolute Gasteiger partial charge is 0.345 e. The lowest BCUT2D eigenvalue weighted by Crippen LogP contribution is -2.50. The van der Waals surface area contributed by atoms with Crippen LogP contribution in [0.2, 0.25) is 0 Å². The molecule has 1 N–H and O–H groups in total. The lowest BCUT2D eigenvalue weighted by molar-refractivity contribution is -0.174. The molecular weight excluding hydrogens is 221 g/mol. The van der Waals surface area contributed by atoms with Crippen LogP contribution in [-0.2, 0) is 4.79 Å². The van der Waals surface area contributed by atoms with Crippen molar-refractivity contribution in [3.63, 3.8) is 0 Å². The van der Waals surface area contributed by atoms with Gasteiger partial charge >= 0.3 is 12.1 Å². The van der Waals surface area contributed by atoms with Crippen molar-refractivity contribution in [2.75, 3.05) is 13.1 Å². The first-order valence-electron chi connectivity index (χ1n) is 5.58. The van der Waals surface area contributed by atoms with E-state index in [0.29, 0.717) is 18.9 Å². The van der Waals surface area contributed by atoms with Gasteiger partial charge in [-0.1, -0.05) is 0 Å². The van der Waals surface area contributed by atoms with E-state index in [0.717, 1.165) is 25.9 Å². The number of hydrogen-bond donors (Lipinski definition) is 1. The van der Waals surface area contributed by atoms with Crippen LogP contribution in [0.4, 0.5) is 13.2 Å². The molecule has 16 heavy (non-hydrogen) atoms. The number of nitrogens with zero attached hydrogens (tertiary/aromatic N) is 1. The second-order valence-electron chi connectivity index (χ2n) is 4.52. The topological polar surface area (TPSA) is 32.3 Å². The van der Waals surface area contributed by atoms with Crippen LogP contribution in [0.15, 0.2) is 0 Å². The maximum Gasteiger partial charge on any atom is 0.471 e. The van der Waals surface area contributed by atoms with Gasteiger partial charge in [0.2, 0.25) is 0 Å². The van der Waals surface area contributed by atoms with Crippen molar-refractivity contribution in [1.29, 1.82) is 0 Å². The van der Waals surface area contributed by atoms with Crippen molar-refractivity contribution in [3.05, 3.63) is 0 Å². The third-order valence-corrected chi connectivity index (χ3v) is 3.41. The molecule has 0 aromatic carbocycles. The fourth-order valence-corrected chi connectivity index (χ4v) is 2.62. The fourth-order valence-electron chi connectivity index (χ4n) is 2.62. The van der Waals surface area contributed by atoms with Crippen LogP contribution < -0.4 is 5.32 Å². The zero-order valence-electron chi connectivity index (χ0n) is 8.89. The predicted molar refractivity (Wildman–Crippen MR) is 51.8 cm³/mol. The van der Waals surface area contributed by atoms with Crippen molar-refractivity contribution in [3.8, 4) is 0 Å². The van der Waals surface area contributed by atoms with Crippen molar-refractivity contribution in [2.24, 2.45) is 0 Å². The van der Waals surface area contributed by atoms with Crippen molar-refractivity contribution >= 4 is 5.91 Å². The van der Waals surface area contributed by atoms with Gasteiger partial charge in [-0.25, -0.2) is 0 Å². The molecule has 2 heterocycles. The Balaban J connectivity index is 1.85. The van der Waals surface area contributed by atoms with Crippen LogP contribution in [0.25, 0.3) is 0 Å². The van der Waals surface area contributed by atoms with Gasteiger partial charge in [-0.15, -0.1) is 0 Å². The van der Waals surface area contributed by atoms with Crippen LogP contribution >= 0.6 is 0 Å². The monoisotopic (exact) mass is 236 g/mol. The number of hydrogen-bond acceptors (Lipinski definition) is 2. The third kappa shape index (κ3) is 2.48. The van der Waals surface area contributed by atoms with Crippen LogP contribution in [0, 0.1) is 0 Å². The van der Waals surface area contributed by atoms with E-state index in [1.165, 1.54) is 0 Å². The van der Waals surface area contributed by atoms with Gasteiger partial charge in [0.1, 0.15) is 0 Å². The highest BCUT2D eigenvalue weighted by Gasteiger charge is 2.41. The quantitative estimate of drug-likeness (QED) is 0.744. The highest BCUT2D eigenvalue weighted by Crippen LogP contribution is 2.27. The summed E-state index contributed by atoms with van der Waals surface area (Å²) < 4.78 is 36.1. The standard InChI is InChI=1S/C10H15F3N2O/c11-10(12,13)9(16)14-7-3-5-15-4-1-2-8(15)6-7/h7-8H,1-6H2,(H,14,16). The molecule has 2 aliphatic rings. The first kappa shape index (κ1) is 11.7. The first-order chi connectivity index (χ1) is 7.47. The molecule has 2 unspecified atom stereocenters. The Kier molecular flexibility index (Phi) is 3.10. The number of halogens is 3. The number of amides is 1. The fraction of sp³-hybridized carbons (Fsp3) is 0.900. The third-order valence-electron chi connectivity index (χ3n) is 3.41. The number of carbonyl (C=O) groups excluding carboxylic acids is 1. The Labute approximate surface area is 92.0 Å². The zero-order chi connectivity index (χ0) is 11.8. The summed E-state index contributed by atoms with van der Waals surface area (Å²) in [7, 11) is 0. The summed E-state index contributed by atoms with van der Waals surface area (Å²) in [5.74, 6) is -1.80. The van der Waals surface area contributed by atoms with E-state index >= 15 is 0 Å². The molecule has 2 rings (SSSR count). The number of nitrogens with one attached hydrogen (secondary N) is 1. The molecule has 92 valence electrons. The molecule has 0 bridgehead atoms. The molecule has 2 aliphatic heterocycles. The summed E-state index contributed by atoms with van der Waals surface area (Å²) in [6.07, 6.45) is -1.32. The van der Waals surface area contributed by atoms with Gasteiger partial charge in [-0.05, 0) is 32.2 Å². The van der Waals surface area contributed by atoms with Crippen molar-refractivity contribution in [2.45, 2.75) is 43.9 Å². The summed E-state index contributed by atoms with van der Waals surface area (Å²) in [6.45, 7) is 1.85. The maximum absolute atomic E-state index is 12.0. The summed E-state index contributed by atoms with van der Waals surface area (Å²) in [5, 5.41) is 2.08. The Morgan fingerprint density at radius 2 is 2.00 bits per heavy atom. The summed E-state index contributed by atoms with van der Waals surface area (Å²) in [5.41, 5.74) is 0. The highest BCUT2D eigenvalue weighted by atomic mass is 19.4. The molecule has 3 nitrogen and oxygen atoms in total. The minimum atomic E-state index is -4.76. The molecular formula is C10H15F3N2O. The minimum Gasteiger partial charge on any atom is -0.345 e. The van der Waals surface area contributed by atoms with Crippen LogP contribution in [-0.4, -0.2) is 42.2 Å². The summed E-state index contributed by atoms with van der Waals surface area (Å²) in [6, 6.07) is 0.0563. The SMILES string of the molecule is O=C(NC1CCN2CCCC2C1)C(F)(F)F. The molecule has 0 spiro atoms. The second kappa shape index (κ2) is 4.24. The highest BCUT2D eigenvalue weighted by molar-refractivity contribution is 5.81. The Morgan fingerprint density at radius 1 is 1.25 bits per heavy atom. The van der Waals surface area contributed by atoms with E-state index in [1.807, 2.05) is 0 Å². The zero-order valence-corrected chi connectivity index (χ0v) is 8.89. The normalized spacial score (nSPS) is 31.2. The van der Waals surface area contributed by atoms with Gasteiger partial charge in [0.05, 0.1) is 0 Å². The predicted octanol–water partition coefficient (Wildman–Crippen LogP) is 1.29. The van der Waals surface area contributed by atoms with Gasteiger partial charge < -0.3 is 10.2 Å². The number of piperidine rings is 1.